The molecule has 0 amide bonds. The van der Waals surface area contributed by atoms with Gasteiger partial charge in [-0.2, -0.15) is 0 Å². The summed E-state index contributed by atoms with van der Waals surface area (Å²) in [5, 5.41) is 0. The molecule has 6 atom stereocenters. The zero-order chi connectivity index (χ0) is 13.4. The Hall–Kier alpha value is -0.870. The summed E-state index contributed by atoms with van der Waals surface area (Å²) in [6.07, 6.45) is 3.47. The van der Waals surface area contributed by atoms with Crippen LogP contribution in [0.3, 0.4) is 0 Å². The molecule has 1 spiro atoms. The molecule has 104 valence electrons. The van der Waals surface area contributed by atoms with E-state index < -0.39 is 17.7 Å². The third-order valence-electron chi connectivity index (χ3n) is 5.65. The molecule has 0 N–H and O–H groups in total. The van der Waals surface area contributed by atoms with E-state index in [2.05, 4.69) is 13.5 Å². The van der Waals surface area contributed by atoms with Crippen LogP contribution in [0.5, 0.6) is 0 Å². The molecule has 4 fully saturated rings. The minimum atomic E-state index is -0.596. The van der Waals surface area contributed by atoms with E-state index in [9.17, 15) is 4.79 Å². The van der Waals surface area contributed by atoms with Crippen molar-refractivity contribution >= 4 is 5.97 Å². The Morgan fingerprint density at radius 3 is 2.89 bits per heavy atom. The van der Waals surface area contributed by atoms with Crippen molar-refractivity contribution in [2.75, 3.05) is 0 Å². The van der Waals surface area contributed by atoms with Gasteiger partial charge < -0.3 is 14.2 Å². The maximum Gasteiger partial charge on any atom is 0.336 e. The Balaban J connectivity index is 1.86. The van der Waals surface area contributed by atoms with Crippen molar-refractivity contribution in [1.29, 1.82) is 0 Å². The standard InChI is InChI=1S/C15H20O4/c1-8-4-5-11-9(2)12(16)17-13-15(11)10(8)6-7-14(3,18-13)19-15/h8,10-11,13H,2,4-7H2,1,3H3. The van der Waals surface area contributed by atoms with Gasteiger partial charge in [-0.15, -0.1) is 0 Å². The molecule has 3 heterocycles. The van der Waals surface area contributed by atoms with E-state index in [1.165, 1.54) is 0 Å². The van der Waals surface area contributed by atoms with E-state index in [0.29, 0.717) is 17.4 Å². The fourth-order valence-electron chi connectivity index (χ4n) is 4.73. The van der Waals surface area contributed by atoms with Crippen LogP contribution in [-0.2, 0) is 19.0 Å². The molecular formula is C15H20O4. The Morgan fingerprint density at radius 2 is 2.11 bits per heavy atom. The molecule has 4 heteroatoms. The Bertz CT molecular complexity index is 473. The normalized spacial score (nSPS) is 55.7. The Kier molecular flexibility index (Phi) is 2.14. The number of hydrogen-bond acceptors (Lipinski definition) is 4. The molecule has 3 aliphatic heterocycles. The molecule has 4 aliphatic rings. The minimum absolute atomic E-state index is 0.0575. The third-order valence-corrected chi connectivity index (χ3v) is 5.65. The second-order valence-corrected chi connectivity index (χ2v) is 6.72. The summed E-state index contributed by atoms with van der Waals surface area (Å²) in [4.78, 5) is 12.0. The number of hydrogen-bond donors (Lipinski definition) is 0. The van der Waals surface area contributed by atoms with E-state index in [1.807, 2.05) is 6.92 Å². The molecule has 4 nitrogen and oxygen atoms in total. The molecule has 6 unspecified atom stereocenters. The lowest BCUT2D eigenvalue weighted by molar-refractivity contribution is -0.245. The van der Waals surface area contributed by atoms with Crippen LogP contribution in [0.15, 0.2) is 12.2 Å². The highest BCUT2D eigenvalue weighted by atomic mass is 16.8. The predicted molar refractivity (Wildman–Crippen MR) is 66.9 cm³/mol. The van der Waals surface area contributed by atoms with Gasteiger partial charge in [0.1, 0.15) is 5.60 Å². The van der Waals surface area contributed by atoms with Crippen molar-refractivity contribution in [3.8, 4) is 0 Å². The van der Waals surface area contributed by atoms with Crippen molar-refractivity contribution < 1.29 is 19.0 Å². The summed E-state index contributed by atoms with van der Waals surface area (Å²) in [5.41, 5.74) is 0.0956. The van der Waals surface area contributed by atoms with Gasteiger partial charge in [-0.25, -0.2) is 4.79 Å². The first kappa shape index (κ1) is 11.9. The quantitative estimate of drug-likeness (QED) is 0.498. The molecule has 1 aliphatic carbocycles. The summed E-state index contributed by atoms with van der Waals surface area (Å²) in [5.74, 6) is 0.128. The molecule has 19 heavy (non-hydrogen) atoms. The number of carbonyl (C=O) groups is 1. The Morgan fingerprint density at radius 1 is 1.32 bits per heavy atom. The fourth-order valence-corrected chi connectivity index (χ4v) is 4.73. The monoisotopic (exact) mass is 264 g/mol. The average molecular weight is 264 g/mol. The highest BCUT2D eigenvalue weighted by molar-refractivity contribution is 5.90. The van der Waals surface area contributed by atoms with Crippen molar-refractivity contribution in [1.82, 2.24) is 0 Å². The zero-order valence-corrected chi connectivity index (χ0v) is 11.5. The second-order valence-electron chi connectivity index (χ2n) is 6.72. The lowest BCUT2D eigenvalue weighted by Crippen LogP contribution is -2.63. The van der Waals surface area contributed by atoms with Crippen LogP contribution in [0.2, 0.25) is 0 Å². The van der Waals surface area contributed by atoms with Crippen LogP contribution in [0.4, 0.5) is 0 Å². The van der Waals surface area contributed by atoms with E-state index in [4.69, 9.17) is 14.2 Å². The molecule has 0 radical (unpaired) electrons. The first-order valence-corrected chi connectivity index (χ1v) is 7.24. The van der Waals surface area contributed by atoms with Gasteiger partial charge in [0.15, 0.2) is 5.79 Å². The molecule has 0 aromatic rings. The molecule has 2 bridgehead atoms. The average Bonchev–Trinajstić information content (AvgIpc) is 2.56. The fraction of sp³-hybridized carbons (Fsp3) is 0.800. The summed E-state index contributed by atoms with van der Waals surface area (Å²) in [6, 6.07) is 0. The number of rotatable bonds is 0. The number of esters is 1. The topological polar surface area (TPSA) is 44.8 Å². The van der Waals surface area contributed by atoms with Crippen LogP contribution in [0.1, 0.15) is 39.5 Å². The highest BCUT2D eigenvalue weighted by Crippen LogP contribution is 2.62. The molecule has 0 aromatic heterocycles. The predicted octanol–water partition coefficient (Wildman–Crippen LogP) is 2.38. The van der Waals surface area contributed by atoms with Gasteiger partial charge in [-0.1, -0.05) is 13.5 Å². The first-order chi connectivity index (χ1) is 8.96. The van der Waals surface area contributed by atoms with E-state index >= 15 is 0 Å². The molecule has 3 saturated heterocycles. The van der Waals surface area contributed by atoms with E-state index in [1.54, 1.807) is 0 Å². The van der Waals surface area contributed by atoms with E-state index in [0.717, 1.165) is 25.7 Å². The van der Waals surface area contributed by atoms with Gasteiger partial charge >= 0.3 is 5.97 Å². The summed E-state index contributed by atoms with van der Waals surface area (Å²) < 4.78 is 17.8. The highest BCUT2D eigenvalue weighted by Gasteiger charge is 2.71. The van der Waals surface area contributed by atoms with Crippen molar-refractivity contribution in [2.24, 2.45) is 17.8 Å². The van der Waals surface area contributed by atoms with Gasteiger partial charge in [0.2, 0.25) is 6.29 Å². The molecule has 0 aromatic carbocycles. The lowest BCUT2D eigenvalue weighted by Gasteiger charge is -2.54. The molecule has 4 rings (SSSR count). The van der Waals surface area contributed by atoms with E-state index in [-0.39, 0.29) is 11.9 Å². The summed E-state index contributed by atoms with van der Waals surface area (Å²) >= 11 is 0. The Labute approximate surface area is 113 Å². The van der Waals surface area contributed by atoms with Crippen LogP contribution < -0.4 is 0 Å². The lowest BCUT2D eigenvalue weighted by atomic mass is 9.58. The number of ether oxygens (including phenoxy) is 3. The summed E-state index contributed by atoms with van der Waals surface area (Å²) in [7, 11) is 0. The minimum Gasteiger partial charge on any atom is -0.429 e. The van der Waals surface area contributed by atoms with Crippen molar-refractivity contribution in [2.45, 2.75) is 57.2 Å². The van der Waals surface area contributed by atoms with Crippen LogP contribution >= 0.6 is 0 Å². The second kappa shape index (κ2) is 3.41. The number of carbonyl (C=O) groups excluding carboxylic acids is 1. The summed E-state index contributed by atoms with van der Waals surface area (Å²) in [6.45, 7) is 8.19. The van der Waals surface area contributed by atoms with Gasteiger partial charge in [-0.3, -0.25) is 0 Å². The van der Waals surface area contributed by atoms with Crippen LogP contribution in [0, 0.1) is 17.8 Å². The smallest absolute Gasteiger partial charge is 0.336 e. The SMILES string of the molecule is C=C1C(=O)OC2OC3(C)CCC4C(C)CCC1C24O3. The zero-order valence-electron chi connectivity index (χ0n) is 11.5. The largest absolute Gasteiger partial charge is 0.429 e. The van der Waals surface area contributed by atoms with Crippen molar-refractivity contribution in [3.63, 3.8) is 0 Å². The van der Waals surface area contributed by atoms with Gasteiger partial charge in [0, 0.05) is 17.9 Å². The van der Waals surface area contributed by atoms with Crippen LogP contribution in [0.25, 0.3) is 0 Å². The number of fused-ring (bicyclic) bond motifs is 1. The van der Waals surface area contributed by atoms with Crippen molar-refractivity contribution in [3.05, 3.63) is 12.2 Å². The van der Waals surface area contributed by atoms with Gasteiger partial charge in [0.05, 0.1) is 0 Å². The molecular weight excluding hydrogens is 244 g/mol. The van der Waals surface area contributed by atoms with Crippen LogP contribution in [-0.4, -0.2) is 23.6 Å². The van der Waals surface area contributed by atoms with Gasteiger partial charge in [0.25, 0.3) is 0 Å². The maximum absolute atomic E-state index is 12.0. The first-order valence-electron chi connectivity index (χ1n) is 7.24. The molecule has 1 saturated carbocycles. The van der Waals surface area contributed by atoms with Gasteiger partial charge in [-0.05, 0) is 38.0 Å². The third kappa shape index (κ3) is 1.29. The maximum atomic E-state index is 12.0.